The Hall–Kier alpha value is -1.75. The molecule has 6 heteroatoms. The zero-order chi connectivity index (χ0) is 13.3. The summed E-state index contributed by atoms with van der Waals surface area (Å²) in [7, 11) is 3.30. The maximum absolute atomic E-state index is 11.7. The van der Waals surface area contributed by atoms with E-state index in [-0.39, 0.29) is 18.2 Å². The Morgan fingerprint density at radius 2 is 2.22 bits per heavy atom. The third kappa shape index (κ3) is 2.13. The van der Waals surface area contributed by atoms with E-state index in [1.54, 1.807) is 32.3 Å². The van der Waals surface area contributed by atoms with Crippen LogP contribution in [0.15, 0.2) is 27.4 Å². The summed E-state index contributed by atoms with van der Waals surface area (Å²) in [5.74, 6) is -0.217. The van der Waals surface area contributed by atoms with Crippen LogP contribution in [-0.2, 0) is 11.8 Å². The lowest BCUT2D eigenvalue weighted by atomic mass is 10.2. The normalized spacial score (nSPS) is 10.8. The highest BCUT2D eigenvalue weighted by Crippen LogP contribution is 2.21. The Morgan fingerprint density at radius 1 is 1.50 bits per heavy atom. The number of halogens is 1. The number of aromatic nitrogens is 1. The van der Waals surface area contributed by atoms with Gasteiger partial charge < -0.3 is 9.32 Å². The summed E-state index contributed by atoms with van der Waals surface area (Å²) in [5.41, 5.74) is 1.83. The lowest BCUT2D eigenvalue weighted by molar-refractivity contribution is -0.117. The van der Waals surface area contributed by atoms with Crippen molar-refractivity contribution in [1.29, 1.82) is 0 Å². The molecule has 0 saturated heterocycles. The number of rotatable bonds is 3. The number of anilines is 1. The summed E-state index contributed by atoms with van der Waals surface area (Å²) >= 11 is 5.54. The van der Waals surface area contributed by atoms with E-state index in [1.807, 2.05) is 0 Å². The van der Waals surface area contributed by atoms with Crippen molar-refractivity contribution in [3.8, 4) is 0 Å². The first-order valence-electron chi connectivity index (χ1n) is 5.46. The van der Waals surface area contributed by atoms with Crippen molar-refractivity contribution in [2.45, 2.75) is 6.42 Å². The van der Waals surface area contributed by atoms with E-state index in [1.165, 1.54) is 9.47 Å². The fourth-order valence-corrected chi connectivity index (χ4v) is 1.89. The number of carbonyl (C=O) groups excluding carboxylic acids is 1. The molecule has 0 bridgehead atoms. The van der Waals surface area contributed by atoms with Crippen LogP contribution >= 0.6 is 11.6 Å². The standard InChI is InChI=1S/C12H13ClN2O3/c1-14(11(16)5-6-13)8-3-4-9-10(7-8)18-12(17)15(9)2/h3-4,7H,5-6H2,1-2H3. The molecule has 0 unspecified atom stereocenters. The van der Waals surface area contributed by atoms with Crippen LogP contribution in [0.25, 0.3) is 11.1 Å². The second-order valence-corrected chi connectivity index (χ2v) is 4.35. The second-order valence-electron chi connectivity index (χ2n) is 3.97. The fourth-order valence-electron chi connectivity index (χ4n) is 1.72. The lowest BCUT2D eigenvalue weighted by Gasteiger charge is -2.16. The van der Waals surface area contributed by atoms with Gasteiger partial charge >= 0.3 is 5.76 Å². The number of fused-ring (bicyclic) bond motifs is 1. The minimum absolute atomic E-state index is 0.0809. The zero-order valence-corrected chi connectivity index (χ0v) is 10.9. The Bertz CT molecular complexity index is 644. The summed E-state index contributed by atoms with van der Waals surface area (Å²) < 4.78 is 6.49. The number of alkyl halides is 1. The first-order chi connectivity index (χ1) is 8.54. The van der Waals surface area contributed by atoms with Gasteiger partial charge in [-0.05, 0) is 12.1 Å². The van der Waals surface area contributed by atoms with Crippen molar-refractivity contribution in [3.05, 3.63) is 28.7 Å². The van der Waals surface area contributed by atoms with Crippen LogP contribution in [-0.4, -0.2) is 23.4 Å². The van der Waals surface area contributed by atoms with Crippen molar-refractivity contribution >= 4 is 34.3 Å². The molecule has 0 aliphatic rings. The van der Waals surface area contributed by atoms with E-state index >= 15 is 0 Å². The number of benzene rings is 1. The van der Waals surface area contributed by atoms with Crippen molar-refractivity contribution in [1.82, 2.24) is 4.57 Å². The average Bonchev–Trinajstić information content (AvgIpc) is 2.64. The fraction of sp³-hybridized carbons (Fsp3) is 0.333. The molecule has 1 heterocycles. The number of aryl methyl sites for hydroxylation is 1. The van der Waals surface area contributed by atoms with Gasteiger partial charge in [0, 0.05) is 38.1 Å². The number of amides is 1. The molecule has 0 saturated carbocycles. The number of carbonyl (C=O) groups is 1. The quantitative estimate of drug-likeness (QED) is 0.797. The van der Waals surface area contributed by atoms with Crippen LogP contribution in [0.3, 0.4) is 0 Å². The van der Waals surface area contributed by atoms with Gasteiger partial charge in [0.25, 0.3) is 0 Å². The molecule has 0 atom stereocenters. The first kappa shape index (κ1) is 12.7. The smallest absolute Gasteiger partial charge is 0.408 e. The molecule has 0 N–H and O–H groups in total. The highest BCUT2D eigenvalue weighted by atomic mass is 35.5. The number of hydrogen-bond donors (Lipinski definition) is 0. The molecule has 0 spiro atoms. The van der Waals surface area contributed by atoms with E-state index in [9.17, 15) is 9.59 Å². The Kier molecular flexibility index (Phi) is 3.43. The molecule has 2 rings (SSSR count). The summed E-state index contributed by atoms with van der Waals surface area (Å²) in [4.78, 5) is 24.5. The molecule has 1 amide bonds. The zero-order valence-electron chi connectivity index (χ0n) is 10.1. The third-order valence-corrected chi connectivity index (χ3v) is 3.03. The average molecular weight is 269 g/mol. The van der Waals surface area contributed by atoms with Gasteiger partial charge in [-0.3, -0.25) is 9.36 Å². The van der Waals surface area contributed by atoms with Crippen LogP contribution in [0.4, 0.5) is 5.69 Å². The molecule has 18 heavy (non-hydrogen) atoms. The van der Waals surface area contributed by atoms with Crippen molar-refractivity contribution in [2.75, 3.05) is 17.8 Å². The van der Waals surface area contributed by atoms with Gasteiger partial charge in [0.1, 0.15) is 0 Å². The maximum Gasteiger partial charge on any atom is 0.419 e. The molecule has 96 valence electrons. The van der Waals surface area contributed by atoms with Gasteiger partial charge in [0.2, 0.25) is 5.91 Å². The van der Waals surface area contributed by atoms with Crippen LogP contribution < -0.4 is 10.7 Å². The van der Waals surface area contributed by atoms with E-state index in [4.69, 9.17) is 16.0 Å². The minimum atomic E-state index is -0.420. The van der Waals surface area contributed by atoms with Crippen LogP contribution in [0, 0.1) is 0 Å². The van der Waals surface area contributed by atoms with Gasteiger partial charge in [-0.2, -0.15) is 0 Å². The van der Waals surface area contributed by atoms with E-state index < -0.39 is 5.76 Å². The Balaban J connectivity index is 2.41. The SMILES string of the molecule is CN(C(=O)CCCl)c1ccc2c(c1)oc(=O)n2C. The van der Waals surface area contributed by atoms with E-state index in [0.29, 0.717) is 16.8 Å². The van der Waals surface area contributed by atoms with Crippen molar-refractivity contribution in [2.24, 2.45) is 7.05 Å². The molecule has 5 nitrogen and oxygen atoms in total. The monoisotopic (exact) mass is 268 g/mol. The highest BCUT2D eigenvalue weighted by molar-refractivity contribution is 6.19. The minimum Gasteiger partial charge on any atom is -0.408 e. The first-order valence-corrected chi connectivity index (χ1v) is 6.00. The summed E-state index contributed by atoms with van der Waals surface area (Å²) in [6.45, 7) is 0. The van der Waals surface area contributed by atoms with E-state index in [2.05, 4.69) is 0 Å². The summed E-state index contributed by atoms with van der Waals surface area (Å²) in [6.07, 6.45) is 0.273. The number of nitrogens with zero attached hydrogens (tertiary/aromatic N) is 2. The maximum atomic E-state index is 11.7. The molecule has 0 aliphatic carbocycles. The lowest BCUT2D eigenvalue weighted by Crippen LogP contribution is -2.26. The molecule has 2 aromatic rings. The number of oxazole rings is 1. The van der Waals surface area contributed by atoms with Crippen LogP contribution in [0.2, 0.25) is 0 Å². The Morgan fingerprint density at radius 3 is 2.89 bits per heavy atom. The van der Waals surface area contributed by atoms with Crippen LogP contribution in [0.5, 0.6) is 0 Å². The molecule has 0 radical (unpaired) electrons. The molecule has 0 fully saturated rings. The highest BCUT2D eigenvalue weighted by Gasteiger charge is 2.13. The van der Waals surface area contributed by atoms with Crippen molar-refractivity contribution < 1.29 is 9.21 Å². The third-order valence-electron chi connectivity index (χ3n) is 2.85. The van der Waals surface area contributed by atoms with Gasteiger partial charge in [-0.25, -0.2) is 4.79 Å². The number of hydrogen-bond acceptors (Lipinski definition) is 3. The van der Waals surface area contributed by atoms with Crippen molar-refractivity contribution in [3.63, 3.8) is 0 Å². The molecule has 1 aromatic heterocycles. The summed E-state index contributed by atoms with van der Waals surface area (Å²) in [6, 6.07) is 5.19. The van der Waals surface area contributed by atoms with Gasteiger partial charge in [-0.1, -0.05) is 0 Å². The van der Waals surface area contributed by atoms with Gasteiger partial charge in [0.15, 0.2) is 5.58 Å². The molecular formula is C12H13ClN2O3. The predicted molar refractivity (Wildman–Crippen MR) is 70.2 cm³/mol. The van der Waals surface area contributed by atoms with Crippen LogP contribution in [0.1, 0.15) is 6.42 Å². The Labute approximate surface area is 109 Å². The second kappa shape index (κ2) is 4.86. The topological polar surface area (TPSA) is 55.5 Å². The van der Waals surface area contributed by atoms with Gasteiger partial charge in [-0.15, -0.1) is 11.6 Å². The molecule has 0 aliphatic heterocycles. The van der Waals surface area contributed by atoms with Gasteiger partial charge in [0.05, 0.1) is 5.52 Å². The summed E-state index contributed by atoms with van der Waals surface area (Å²) in [5, 5.41) is 0. The largest absolute Gasteiger partial charge is 0.419 e. The van der Waals surface area contributed by atoms with E-state index in [0.717, 1.165) is 0 Å². The molecule has 1 aromatic carbocycles. The molecular weight excluding hydrogens is 256 g/mol. The predicted octanol–water partition coefficient (Wildman–Crippen LogP) is 1.72.